The molecule has 1 atom stereocenters. The van der Waals surface area contributed by atoms with E-state index in [1.807, 2.05) is 0 Å². The Kier molecular flexibility index (Phi) is 4.22. The fraction of sp³-hybridized carbons (Fsp3) is 0.400. The molecular weight excluding hydrogens is 284 g/mol. The van der Waals surface area contributed by atoms with E-state index in [1.54, 1.807) is 12.1 Å². The van der Waals surface area contributed by atoms with Crippen LogP contribution < -0.4 is 15.8 Å². The Hall–Kier alpha value is -2.57. The van der Waals surface area contributed by atoms with Gasteiger partial charge < -0.3 is 19.6 Å². The third-order valence-corrected chi connectivity index (χ3v) is 3.80. The average molecular weight is 302 g/mol. The molecule has 116 valence electrons. The van der Waals surface area contributed by atoms with Gasteiger partial charge in [-0.25, -0.2) is 4.98 Å². The van der Waals surface area contributed by atoms with Crippen LogP contribution in [0.4, 0.5) is 5.82 Å². The molecule has 1 aliphatic rings. The topological polar surface area (TPSA) is 91.2 Å². The predicted molar refractivity (Wildman–Crippen MR) is 80.8 cm³/mol. The summed E-state index contributed by atoms with van der Waals surface area (Å²) in [5.41, 5.74) is -0.154. The van der Waals surface area contributed by atoms with Crippen molar-refractivity contribution in [3.05, 3.63) is 46.9 Å². The summed E-state index contributed by atoms with van der Waals surface area (Å²) < 4.78 is 5.07. The number of aromatic amines is 1. The van der Waals surface area contributed by atoms with Crippen LogP contribution in [0.15, 0.2) is 40.0 Å². The summed E-state index contributed by atoms with van der Waals surface area (Å²) in [4.78, 5) is 32.0. The minimum Gasteiger partial charge on any atom is -0.459 e. The molecule has 1 fully saturated rings. The highest BCUT2D eigenvalue weighted by molar-refractivity contribution is 5.91. The van der Waals surface area contributed by atoms with Crippen LogP contribution in [0.25, 0.3) is 0 Å². The van der Waals surface area contributed by atoms with Crippen molar-refractivity contribution >= 4 is 11.7 Å². The van der Waals surface area contributed by atoms with Gasteiger partial charge in [0, 0.05) is 25.7 Å². The number of anilines is 1. The van der Waals surface area contributed by atoms with Crippen LogP contribution in [0.5, 0.6) is 0 Å². The number of carbonyl (C=O) groups is 1. The van der Waals surface area contributed by atoms with E-state index >= 15 is 0 Å². The van der Waals surface area contributed by atoms with Gasteiger partial charge >= 0.3 is 0 Å². The van der Waals surface area contributed by atoms with Crippen LogP contribution in [0.2, 0.25) is 0 Å². The largest absolute Gasteiger partial charge is 0.459 e. The van der Waals surface area contributed by atoms with Crippen molar-refractivity contribution in [2.45, 2.75) is 12.8 Å². The summed E-state index contributed by atoms with van der Waals surface area (Å²) in [6.45, 7) is 2.23. The van der Waals surface area contributed by atoms with Crippen LogP contribution in [0.3, 0.4) is 0 Å². The third-order valence-electron chi connectivity index (χ3n) is 3.80. The molecule has 22 heavy (non-hydrogen) atoms. The maximum absolute atomic E-state index is 11.9. The average Bonchev–Trinajstić information content (AvgIpc) is 3.07. The van der Waals surface area contributed by atoms with Gasteiger partial charge in [-0.15, -0.1) is 0 Å². The first-order valence-corrected chi connectivity index (χ1v) is 7.34. The monoisotopic (exact) mass is 302 g/mol. The highest BCUT2D eigenvalue weighted by atomic mass is 16.3. The molecule has 1 amide bonds. The number of hydrogen-bond acceptors (Lipinski definition) is 5. The standard InChI is InChI=1S/C15H18N4O3/c20-14-7-13(17-10-18-14)19-5-1-3-11(9-19)8-16-15(21)12-4-2-6-22-12/h2,4,6-7,10-11H,1,3,5,8-9H2,(H,16,21)(H,17,18,20). The van der Waals surface area contributed by atoms with Crippen molar-refractivity contribution in [2.75, 3.05) is 24.5 Å². The Morgan fingerprint density at radius 2 is 2.45 bits per heavy atom. The molecular formula is C15H18N4O3. The molecule has 0 spiro atoms. The van der Waals surface area contributed by atoms with Crippen LogP contribution in [0, 0.1) is 5.92 Å². The number of H-pyrrole nitrogens is 1. The molecule has 7 heteroatoms. The molecule has 3 rings (SSSR count). The number of nitrogens with zero attached hydrogens (tertiary/aromatic N) is 2. The molecule has 3 heterocycles. The van der Waals surface area contributed by atoms with E-state index in [9.17, 15) is 9.59 Å². The van der Waals surface area contributed by atoms with Crippen molar-refractivity contribution < 1.29 is 9.21 Å². The third kappa shape index (κ3) is 3.36. The first-order valence-electron chi connectivity index (χ1n) is 7.34. The number of piperidine rings is 1. The van der Waals surface area contributed by atoms with E-state index in [-0.39, 0.29) is 11.5 Å². The zero-order valence-corrected chi connectivity index (χ0v) is 12.1. The lowest BCUT2D eigenvalue weighted by molar-refractivity contribution is 0.0918. The smallest absolute Gasteiger partial charge is 0.286 e. The van der Waals surface area contributed by atoms with E-state index in [1.165, 1.54) is 18.7 Å². The maximum Gasteiger partial charge on any atom is 0.286 e. The van der Waals surface area contributed by atoms with E-state index < -0.39 is 0 Å². The second-order valence-corrected chi connectivity index (χ2v) is 5.41. The normalized spacial score (nSPS) is 18.2. The summed E-state index contributed by atoms with van der Waals surface area (Å²) in [5, 5.41) is 2.89. The number of aromatic nitrogens is 2. The number of nitrogens with one attached hydrogen (secondary N) is 2. The van der Waals surface area contributed by atoms with Crippen LogP contribution >= 0.6 is 0 Å². The molecule has 0 aliphatic carbocycles. The quantitative estimate of drug-likeness (QED) is 0.879. The highest BCUT2D eigenvalue weighted by Crippen LogP contribution is 2.20. The number of furan rings is 1. The first-order chi connectivity index (χ1) is 10.7. The lowest BCUT2D eigenvalue weighted by Crippen LogP contribution is -2.41. The molecule has 1 unspecified atom stereocenters. The SMILES string of the molecule is O=C(NCC1CCCN(c2cc(=O)[nH]cn2)C1)c1ccco1. The summed E-state index contributed by atoms with van der Waals surface area (Å²) in [5.74, 6) is 1.14. The van der Waals surface area contributed by atoms with Crippen molar-refractivity contribution in [2.24, 2.45) is 5.92 Å². The number of hydrogen-bond donors (Lipinski definition) is 2. The van der Waals surface area contributed by atoms with Gasteiger partial charge in [0.1, 0.15) is 5.82 Å². The van der Waals surface area contributed by atoms with Crippen molar-refractivity contribution in [3.63, 3.8) is 0 Å². The number of amides is 1. The maximum atomic E-state index is 11.9. The Morgan fingerprint density at radius 1 is 1.55 bits per heavy atom. The minimum absolute atomic E-state index is 0.154. The minimum atomic E-state index is -0.198. The van der Waals surface area contributed by atoms with E-state index in [4.69, 9.17) is 4.42 Å². The van der Waals surface area contributed by atoms with Crippen molar-refractivity contribution in [3.8, 4) is 0 Å². The molecule has 0 bridgehead atoms. The second kappa shape index (κ2) is 6.46. The molecule has 0 radical (unpaired) electrons. The Labute approximate surface area is 127 Å². The second-order valence-electron chi connectivity index (χ2n) is 5.41. The van der Waals surface area contributed by atoms with Crippen molar-refractivity contribution in [1.29, 1.82) is 0 Å². The Morgan fingerprint density at radius 3 is 3.23 bits per heavy atom. The van der Waals surface area contributed by atoms with Gasteiger partial charge in [-0.2, -0.15) is 0 Å². The lowest BCUT2D eigenvalue weighted by Gasteiger charge is -2.33. The first kappa shape index (κ1) is 14.4. The van der Waals surface area contributed by atoms with E-state index in [0.717, 1.165) is 25.9 Å². The van der Waals surface area contributed by atoms with Crippen molar-refractivity contribution in [1.82, 2.24) is 15.3 Å². The predicted octanol–water partition coefficient (Wildman–Crippen LogP) is 1.01. The zero-order valence-electron chi connectivity index (χ0n) is 12.1. The molecule has 0 aromatic carbocycles. The summed E-state index contributed by atoms with van der Waals surface area (Å²) in [7, 11) is 0. The lowest BCUT2D eigenvalue weighted by atomic mass is 9.98. The number of rotatable bonds is 4. The number of carbonyl (C=O) groups excluding carboxylic acids is 1. The Balaban J connectivity index is 1.57. The Bertz CT molecular complexity index is 680. The summed E-state index contributed by atoms with van der Waals surface area (Å²) in [6.07, 6.45) is 4.95. The van der Waals surface area contributed by atoms with Gasteiger partial charge in [0.2, 0.25) is 0 Å². The molecule has 0 saturated carbocycles. The van der Waals surface area contributed by atoms with Gasteiger partial charge in [-0.05, 0) is 30.9 Å². The van der Waals surface area contributed by atoms with Crippen LogP contribution in [0.1, 0.15) is 23.4 Å². The molecule has 1 saturated heterocycles. The summed E-state index contributed by atoms with van der Waals surface area (Å²) in [6, 6.07) is 4.84. The molecule has 1 aliphatic heterocycles. The van der Waals surface area contributed by atoms with E-state index in [0.29, 0.717) is 24.0 Å². The molecule has 2 aromatic rings. The summed E-state index contributed by atoms with van der Waals surface area (Å²) >= 11 is 0. The zero-order chi connectivity index (χ0) is 15.4. The van der Waals surface area contributed by atoms with Gasteiger partial charge in [0.05, 0.1) is 12.6 Å². The van der Waals surface area contributed by atoms with Crippen LogP contribution in [-0.2, 0) is 0 Å². The fourth-order valence-corrected chi connectivity index (χ4v) is 2.70. The van der Waals surface area contributed by atoms with Gasteiger partial charge in [-0.1, -0.05) is 0 Å². The molecule has 7 nitrogen and oxygen atoms in total. The molecule has 2 N–H and O–H groups in total. The highest BCUT2D eigenvalue weighted by Gasteiger charge is 2.22. The molecule has 2 aromatic heterocycles. The van der Waals surface area contributed by atoms with Gasteiger partial charge in [-0.3, -0.25) is 9.59 Å². The van der Waals surface area contributed by atoms with Gasteiger partial charge in [0.25, 0.3) is 11.5 Å². The van der Waals surface area contributed by atoms with E-state index in [2.05, 4.69) is 20.2 Å². The fourth-order valence-electron chi connectivity index (χ4n) is 2.70. The van der Waals surface area contributed by atoms with Gasteiger partial charge in [0.15, 0.2) is 5.76 Å². The van der Waals surface area contributed by atoms with Crippen LogP contribution in [-0.4, -0.2) is 35.5 Å².